The van der Waals surface area contributed by atoms with Gasteiger partial charge in [-0.2, -0.15) is 0 Å². The van der Waals surface area contributed by atoms with Gasteiger partial charge in [-0.05, 0) is 61.1 Å². The van der Waals surface area contributed by atoms with Gasteiger partial charge in [0.25, 0.3) is 5.91 Å². The van der Waals surface area contributed by atoms with Crippen LogP contribution in [0.25, 0.3) is 16.7 Å². The number of carbonyl (C=O) groups excluding carboxylic acids is 1. The maximum atomic E-state index is 13.2. The summed E-state index contributed by atoms with van der Waals surface area (Å²) in [7, 11) is 1.68. The van der Waals surface area contributed by atoms with Gasteiger partial charge in [0.05, 0.1) is 17.2 Å². The molecule has 1 saturated carbocycles. The summed E-state index contributed by atoms with van der Waals surface area (Å²) in [5.41, 5.74) is 1.52. The molecule has 1 spiro atoms. The predicted octanol–water partition coefficient (Wildman–Crippen LogP) is 4.87. The molecule has 2 aliphatic rings. The first-order valence-electron chi connectivity index (χ1n) is 9.28. The molecule has 2 N–H and O–H groups in total. The van der Waals surface area contributed by atoms with E-state index in [9.17, 15) is 14.3 Å². The molecule has 1 heterocycles. The maximum absolute atomic E-state index is 13.2. The van der Waals surface area contributed by atoms with Crippen LogP contribution in [-0.4, -0.2) is 29.8 Å². The molecule has 146 valence electrons. The third kappa shape index (κ3) is 3.19. The quantitative estimate of drug-likeness (QED) is 0.771. The molecule has 0 radical (unpaired) electrons. The first-order valence-corrected chi connectivity index (χ1v) is 9.66. The van der Waals surface area contributed by atoms with Crippen LogP contribution in [0.15, 0.2) is 48.2 Å². The smallest absolute Gasteiger partial charge is 0.256 e. The van der Waals surface area contributed by atoms with E-state index in [0.717, 1.165) is 24.0 Å². The Morgan fingerprint density at radius 2 is 1.79 bits per heavy atom. The number of rotatable bonds is 3. The zero-order valence-electron chi connectivity index (χ0n) is 15.5. The van der Waals surface area contributed by atoms with Gasteiger partial charge in [-0.1, -0.05) is 29.8 Å². The normalized spacial score (nSPS) is 24.7. The number of aliphatic hydroxyl groups is 1. The molecule has 0 aromatic heterocycles. The van der Waals surface area contributed by atoms with Crippen molar-refractivity contribution in [2.45, 2.75) is 37.3 Å². The van der Waals surface area contributed by atoms with Crippen LogP contribution >= 0.6 is 11.6 Å². The molecule has 0 saturated heterocycles. The van der Waals surface area contributed by atoms with Crippen LogP contribution in [0.3, 0.4) is 0 Å². The molecule has 2 aromatic carbocycles. The summed E-state index contributed by atoms with van der Waals surface area (Å²) in [6.07, 6.45) is 2.89. The highest BCUT2D eigenvalue weighted by Gasteiger charge is 2.48. The molecule has 0 bridgehead atoms. The van der Waals surface area contributed by atoms with Crippen LogP contribution in [0.2, 0.25) is 5.02 Å². The van der Waals surface area contributed by atoms with Gasteiger partial charge < -0.3 is 15.2 Å². The second kappa shape index (κ2) is 7.22. The molecular formula is C22H21ClFNO3. The molecule has 1 aliphatic heterocycles. The van der Waals surface area contributed by atoms with Crippen molar-refractivity contribution in [2.24, 2.45) is 0 Å². The average Bonchev–Trinajstić information content (AvgIpc) is 2.93. The van der Waals surface area contributed by atoms with E-state index < -0.39 is 5.54 Å². The van der Waals surface area contributed by atoms with Crippen molar-refractivity contribution in [1.29, 1.82) is 0 Å². The highest BCUT2D eigenvalue weighted by atomic mass is 35.5. The molecule has 2 aromatic rings. The number of benzene rings is 2. The lowest BCUT2D eigenvalue weighted by atomic mass is 9.79. The maximum Gasteiger partial charge on any atom is 0.256 e. The second-order valence-corrected chi connectivity index (χ2v) is 7.80. The van der Waals surface area contributed by atoms with Gasteiger partial charge in [0.1, 0.15) is 11.6 Å². The molecular weight excluding hydrogens is 381 g/mol. The van der Waals surface area contributed by atoms with Crippen LogP contribution in [-0.2, 0) is 9.53 Å². The summed E-state index contributed by atoms with van der Waals surface area (Å²) in [6.45, 7) is 0. The van der Waals surface area contributed by atoms with Gasteiger partial charge in [-0.15, -0.1) is 0 Å². The molecule has 4 nitrogen and oxygen atoms in total. The third-order valence-corrected chi connectivity index (χ3v) is 6.13. The van der Waals surface area contributed by atoms with Crippen molar-refractivity contribution in [1.82, 2.24) is 5.32 Å². The Kier molecular flexibility index (Phi) is 4.89. The first-order chi connectivity index (χ1) is 13.4. The molecule has 1 fully saturated rings. The Morgan fingerprint density at radius 1 is 1.14 bits per heavy atom. The van der Waals surface area contributed by atoms with Gasteiger partial charge in [0.15, 0.2) is 0 Å². The molecule has 0 unspecified atom stereocenters. The fraction of sp³-hybridized carbons (Fsp3) is 0.318. The predicted molar refractivity (Wildman–Crippen MR) is 107 cm³/mol. The van der Waals surface area contributed by atoms with Crippen LogP contribution in [0, 0.1) is 5.82 Å². The van der Waals surface area contributed by atoms with E-state index >= 15 is 0 Å². The number of amides is 1. The molecule has 1 aliphatic carbocycles. The Balaban J connectivity index is 1.74. The number of halogens is 2. The Bertz CT molecular complexity index is 947. The average molecular weight is 402 g/mol. The minimum Gasteiger partial charge on any atom is -0.509 e. The lowest BCUT2D eigenvalue weighted by Gasteiger charge is -2.36. The summed E-state index contributed by atoms with van der Waals surface area (Å²) < 4.78 is 18.6. The van der Waals surface area contributed by atoms with E-state index in [0.29, 0.717) is 23.4 Å². The zero-order valence-corrected chi connectivity index (χ0v) is 16.2. The van der Waals surface area contributed by atoms with Gasteiger partial charge in [0.2, 0.25) is 0 Å². The number of hydrogen-bond acceptors (Lipinski definition) is 3. The van der Waals surface area contributed by atoms with E-state index in [2.05, 4.69) is 5.32 Å². The SMILES string of the molecule is COC1CCC2(CC1)NC(=O)C(c1cc(-c3ccc(F)cc3)ccc1Cl)=C2O. The van der Waals surface area contributed by atoms with Crippen LogP contribution in [0.4, 0.5) is 4.39 Å². The van der Waals surface area contributed by atoms with E-state index in [-0.39, 0.29) is 29.2 Å². The molecule has 0 atom stereocenters. The van der Waals surface area contributed by atoms with E-state index in [1.165, 1.54) is 12.1 Å². The number of hydrogen-bond donors (Lipinski definition) is 2. The Labute approximate surface area is 168 Å². The number of nitrogens with one attached hydrogen (secondary N) is 1. The second-order valence-electron chi connectivity index (χ2n) is 7.40. The Morgan fingerprint density at radius 3 is 2.43 bits per heavy atom. The summed E-state index contributed by atoms with van der Waals surface area (Å²) in [5.74, 6) is -0.598. The van der Waals surface area contributed by atoms with E-state index in [1.54, 1.807) is 31.4 Å². The lowest BCUT2D eigenvalue weighted by molar-refractivity contribution is -0.116. The number of aliphatic hydroxyl groups excluding tert-OH is 1. The number of ether oxygens (including phenoxy) is 1. The molecule has 1 amide bonds. The van der Waals surface area contributed by atoms with Crippen molar-refractivity contribution >= 4 is 23.1 Å². The lowest BCUT2D eigenvalue weighted by Crippen LogP contribution is -2.48. The topological polar surface area (TPSA) is 58.6 Å². The van der Waals surface area contributed by atoms with Crippen LogP contribution in [0.1, 0.15) is 31.2 Å². The molecule has 28 heavy (non-hydrogen) atoms. The number of methoxy groups -OCH3 is 1. The van der Waals surface area contributed by atoms with Crippen LogP contribution < -0.4 is 5.32 Å². The summed E-state index contributed by atoms with van der Waals surface area (Å²) in [5, 5.41) is 14.4. The number of carbonyl (C=O) groups is 1. The highest BCUT2D eigenvalue weighted by Crippen LogP contribution is 2.43. The highest BCUT2D eigenvalue weighted by molar-refractivity contribution is 6.35. The van der Waals surface area contributed by atoms with Gasteiger partial charge in [-0.25, -0.2) is 4.39 Å². The largest absolute Gasteiger partial charge is 0.509 e. The van der Waals surface area contributed by atoms with Crippen molar-refractivity contribution in [2.75, 3.05) is 7.11 Å². The van der Waals surface area contributed by atoms with E-state index in [1.807, 2.05) is 6.07 Å². The van der Waals surface area contributed by atoms with Gasteiger partial charge in [0, 0.05) is 17.7 Å². The zero-order chi connectivity index (χ0) is 19.9. The molecule has 4 rings (SSSR count). The monoisotopic (exact) mass is 401 g/mol. The van der Waals surface area contributed by atoms with Crippen LogP contribution in [0.5, 0.6) is 0 Å². The Hall–Kier alpha value is -2.37. The van der Waals surface area contributed by atoms with Gasteiger partial charge in [-0.3, -0.25) is 4.79 Å². The van der Waals surface area contributed by atoms with E-state index in [4.69, 9.17) is 16.3 Å². The standard InChI is InChI=1S/C22H21ClFNO3/c1-28-16-8-10-22(11-9-16)20(26)19(21(27)25-22)17-12-14(4-7-18(17)23)13-2-5-15(24)6-3-13/h2-7,12,16,26H,8-11H2,1H3,(H,25,27). The summed E-state index contributed by atoms with van der Waals surface area (Å²) >= 11 is 6.39. The first kappa shape index (κ1) is 19.0. The summed E-state index contributed by atoms with van der Waals surface area (Å²) in [4.78, 5) is 12.8. The fourth-order valence-electron chi connectivity index (χ4n) is 4.16. The summed E-state index contributed by atoms with van der Waals surface area (Å²) in [6, 6.07) is 11.4. The van der Waals surface area contributed by atoms with Crippen molar-refractivity contribution in [3.05, 3.63) is 64.6 Å². The fourth-order valence-corrected chi connectivity index (χ4v) is 4.37. The van der Waals surface area contributed by atoms with Crippen molar-refractivity contribution in [3.8, 4) is 11.1 Å². The van der Waals surface area contributed by atoms with Crippen molar-refractivity contribution < 1.29 is 19.0 Å². The minimum absolute atomic E-state index is 0.0465. The van der Waals surface area contributed by atoms with Crippen molar-refractivity contribution in [3.63, 3.8) is 0 Å². The van der Waals surface area contributed by atoms with Gasteiger partial charge >= 0.3 is 0 Å². The third-order valence-electron chi connectivity index (χ3n) is 5.80. The molecule has 6 heteroatoms. The minimum atomic E-state index is -0.753.